The molecule has 40 heteroatoms. The molecule has 10 rings (SSSR count). The Labute approximate surface area is 794 Å². The second-order valence-corrected chi connectivity index (χ2v) is 36.0. The number of phenolic OH excluding ortho intramolecular Hbond substituents is 2. The number of hydrogen-bond donors (Lipinski definition) is 15. The summed E-state index contributed by atoms with van der Waals surface area (Å²) in [5.41, 5.74) is 7.97. The van der Waals surface area contributed by atoms with Crippen LogP contribution in [0.3, 0.4) is 0 Å². The second-order valence-electron chi connectivity index (χ2n) is 34.9. The van der Waals surface area contributed by atoms with Crippen molar-refractivity contribution in [3.63, 3.8) is 0 Å². The first-order chi connectivity index (χ1) is 65.4. The number of carbonyl (C=O) groups excluding carboxylic acids is 15. The van der Waals surface area contributed by atoms with Crippen molar-refractivity contribution in [2.24, 2.45) is 11.7 Å². The number of fused-ring (bicyclic) bond motifs is 3. The molecule has 3 aliphatic heterocycles. The molecule has 0 radical (unpaired) electrons. The van der Waals surface area contributed by atoms with E-state index in [-0.39, 0.29) is 114 Å². The van der Waals surface area contributed by atoms with Gasteiger partial charge in [0, 0.05) is 95.6 Å². The van der Waals surface area contributed by atoms with Crippen molar-refractivity contribution in [2.75, 3.05) is 65.9 Å². The van der Waals surface area contributed by atoms with Crippen molar-refractivity contribution in [1.82, 2.24) is 82.7 Å². The Bertz CT molecular complexity index is 5450. The Hall–Kier alpha value is -13.9. The Kier molecular flexibility index (Phi) is 38.4. The molecule has 0 bridgehead atoms. The van der Waals surface area contributed by atoms with E-state index in [0.717, 1.165) is 14.7 Å². The summed E-state index contributed by atoms with van der Waals surface area (Å²) >= 11 is 0.675. The molecule has 734 valence electrons. The first-order valence-corrected chi connectivity index (χ1v) is 46.7. The van der Waals surface area contributed by atoms with Crippen molar-refractivity contribution in [1.29, 1.82) is 0 Å². The van der Waals surface area contributed by atoms with Crippen LogP contribution in [0.5, 0.6) is 11.5 Å². The van der Waals surface area contributed by atoms with Gasteiger partial charge in [0.25, 0.3) is 0 Å². The molecule has 1 aromatic heterocycles. The first-order valence-electron chi connectivity index (χ1n) is 45.6. The SMILES string of the molecule is CCCC[C@H]1C(=O)N2CCC[C@@H]2C(=O)N[C@@H](CC(=O)O)C(=O)N[C@@H](C(C)C)C(=O)N(C)[C@@H](Cc2ccccc2)C(=O)N[C@@H](Cc2ccc(O)cc2)C(=O)N2CCC[C@@H]2C(=O)N[C@@H](Cc2c[nH]c3ccccc23)C(=O)N[C@@H](Cc2ccc(O)cc2)C(=O)N[C@@H](CCCNC)C(=O)N[C@H](C(=O)NCC(N)=O)CSCC(=O)N[C@@H](Cc2cc(F)c(F)c(F)c2)C(=O)N(C)[C@@H](Cc2ccccc2)C(=O)N1C. The molecule has 0 spiro atoms. The van der Waals surface area contributed by atoms with Crippen LogP contribution in [0.25, 0.3) is 10.9 Å². The molecule has 3 saturated heterocycles. The maximum absolute atomic E-state index is 15.8. The van der Waals surface area contributed by atoms with Gasteiger partial charge in [-0.1, -0.05) is 137 Å². The summed E-state index contributed by atoms with van der Waals surface area (Å²) in [7, 11) is 5.40. The summed E-state index contributed by atoms with van der Waals surface area (Å²) in [5, 5.41) is 58.8. The smallest absolute Gasteiger partial charge is 0.305 e. The Morgan fingerprint density at radius 3 is 1.55 bits per heavy atom. The van der Waals surface area contributed by atoms with Crippen molar-refractivity contribution in [2.45, 2.75) is 202 Å². The average molecular weight is 1920 g/mol. The molecule has 36 nitrogen and oxygen atoms in total. The van der Waals surface area contributed by atoms with Crippen molar-refractivity contribution >= 4 is 117 Å². The number of nitrogens with two attached hydrogens (primary N) is 1. The summed E-state index contributed by atoms with van der Waals surface area (Å²) in [5.74, 6) is -23.6. The van der Waals surface area contributed by atoms with Crippen LogP contribution < -0.4 is 58.9 Å². The van der Waals surface area contributed by atoms with Crippen LogP contribution in [0.15, 0.2) is 152 Å². The summed E-state index contributed by atoms with van der Waals surface area (Å²) in [6, 6.07) is 15.4. The number of para-hydroxylation sites is 1. The molecule has 16 N–H and O–H groups in total. The third-order valence-electron chi connectivity index (χ3n) is 24.6. The molecule has 137 heavy (non-hydrogen) atoms. The van der Waals surface area contributed by atoms with Gasteiger partial charge in [0.15, 0.2) is 17.5 Å². The maximum atomic E-state index is 15.8. The lowest BCUT2D eigenvalue weighted by Crippen LogP contribution is -2.62. The van der Waals surface area contributed by atoms with Crippen LogP contribution in [-0.4, -0.2) is 284 Å². The number of halogens is 3. The molecule has 0 saturated carbocycles. The van der Waals surface area contributed by atoms with Gasteiger partial charge < -0.3 is 104 Å². The first kappa shape index (κ1) is 105. The minimum Gasteiger partial charge on any atom is -0.508 e. The van der Waals surface area contributed by atoms with Gasteiger partial charge in [-0.15, -0.1) is 11.8 Å². The van der Waals surface area contributed by atoms with E-state index in [1.54, 1.807) is 112 Å². The van der Waals surface area contributed by atoms with E-state index in [0.29, 0.717) is 75.5 Å². The molecular formula is C97H120F3N17O19S. The number of nitrogens with one attached hydrogen (secondary N) is 11. The third kappa shape index (κ3) is 29.1. The normalized spacial score (nSPS) is 23.2. The highest BCUT2D eigenvalue weighted by Gasteiger charge is 2.47. The molecule has 3 aliphatic rings. The number of H-pyrrole nitrogens is 1. The Morgan fingerprint density at radius 2 is 0.978 bits per heavy atom. The lowest BCUT2D eigenvalue weighted by molar-refractivity contribution is -0.152. The number of benzene rings is 6. The van der Waals surface area contributed by atoms with E-state index < -0.39 is 227 Å². The average Bonchev–Trinajstić information content (AvgIpc) is 1.77. The lowest BCUT2D eigenvalue weighted by atomic mass is 9.98. The van der Waals surface area contributed by atoms with Gasteiger partial charge in [-0.25, -0.2) is 13.2 Å². The molecule has 3 fully saturated rings. The monoisotopic (exact) mass is 1920 g/mol. The van der Waals surface area contributed by atoms with Gasteiger partial charge >= 0.3 is 5.97 Å². The molecule has 0 unspecified atom stereocenters. The number of aliphatic carboxylic acids is 1. The van der Waals surface area contributed by atoms with Crippen LogP contribution in [-0.2, 0) is 115 Å². The number of rotatable bonds is 25. The van der Waals surface area contributed by atoms with E-state index >= 15 is 56.7 Å². The molecular weight excluding hydrogens is 1800 g/mol. The highest BCUT2D eigenvalue weighted by atomic mass is 32.2. The van der Waals surface area contributed by atoms with Crippen LogP contribution in [0.1, 0.15) is 118 Å². The van der Waals surface area contributed by atoms with Crippen LogP contribution in [0.2, 0.25) is 0 Å². The van der Waals surface area contributed by atoms with Gasteiger partial charge in [-0.2, -0.15) is 0 Å². The zero-order valence-electron chi connectivity index (χ0n) is 77.3. The van der Waals surface area contributed by atoms with Gasteiger partial charge in [0.1, 0.15) is 90.0 Å². The van der Waals surface area contributed by atoms with Gasteiger partial charge in [-0.3, -0.25) is 76.7 Å². The number of aromatic nitrogens is 1. The van der Waals surface area contributed by atoms with Crippen molar-refractivity contribution in [3.8, 4) is 11.5 Å². The van der Waals surface area contributed by atoms with E-state index in [2.05, 4.69) is 58.2 Å². The van der Waals surface area contributed by atoms with Gasteiger partial charge in [-0.05, 0) is 140 Å². The molecule has 6 aromatic carbocycles. The quantitative estimate of drug-likeness (QED) is 0.0289. The van der Waals surface area contributed by atoms with Crippen LogP contribution >= 0.6 is 11.8 Å². The molecule has 7 aromatic rings. The van der Waals surface area contributed by atoms with E-state index in [9.17, 15) is 48.5 Å². The van der Waals surface area contributed by atoms with Crippen LogP contribution in [0.4, 0.5) is 13.2 Å². The second kappa shape index (κ2) is 50.1. The summed E-state index contributed by atoms with van der Waals surface area (Å²) in [6.07, 6.45) is -0.602. The Morgan fingerprint density at radius 1 is 0.496 bits per heavy atom. The zero-order valence-corrected chi connectivity index (χ0v) is 78.1. The summed E-state index contributed by atoms with van der Waals surface area (Å²) in [4.78, 5) is 248. The molecule has 13 atom stereocenters. The fraction of sp³-hybridized carbons (Fsp3) is 0.443. The number of thioether (sulfide) groups is 1. The molecule has 15 amide bonds. The number of amides is 15. The number of likely N-dealkylation sites (N-methyl/N-ethyl adjacent to an activating group) is 3. The fourth-order valence-corrected chi connectivity index (χ4v) is 17.9. The van der Waals surface area contributed by atoms with Crippen LogP contribution in [0, 0.1) is 23.4 Å². The fourth-order valence-electron chi connectivity index (χ4n) is 17.1. The number of phenols is 2. The largest absolute Gasteiger partial charge is 0.508 e. The summed E-state index contributed by atoms with van der Waals surface area (Å²) < 4.78 is 45.2. The maximum Gasteiger partial charge on any atom is 0.305 e. The van der Waals surface area contributed by atoms with Crippen molar-refractivity contribution < 1.29 is 105 Å². The number of unbranched alkanes of at least 4 members (excludes halogenated alkanes) is 1. The standard InChI is InChI=1S/C97H120F3N17O19S/c1-8-9-28-77-96(135)117-41-20-30-76(117)91(130)109-71(50-82(122)123)89(128)112-84(55(2)3)97(136)114(6)78(47-56-21-12-10-13-22-56)92(131)110-73(45-59-33-37-63(119)38-34-59)94(133)116-40-19-29-75(116)90(129)108-70(49-61-51-103-67-26-17-16-25-64(61)67)88(127)107-69(44-58-31-35-62(118)36-32-58)87(126)106-68(27-18-39-102-4)86(125)111-74(85(124)104-52-80(101)120)53-137-54-81(121)105-72(46-60-42-65(98)83(100)66(99)43-60)93(132)115(7)79(95(134)113(77)5)48-57-23-14-11-15-24-57/h10-17,21-26,31-38,42-43,51,55,68-79,84,102-103,118-119H,8-9,18-20,27-30,39-41,44-50,52-54H2,1-7H3,(H2,101,120)(H,104,124)(H,105,121)(H,106,126)(H,107,127)(H,108,129)(H,109,130)(H,110,131)(H,111,125)(H,112,128)(H,122,123)/t68-,69-,70-,71-,72-,73-,74-,75+,76+,77-,78-,79-,84-/m0/s1. The zero-order chi connectivity index (χ0) is 99.4. The molecule has 0 aliphatic carbocycles. The predicted octanol–water partition coefficient (Wildman–Crippen LogP) is 2.76. The number of carboxylic acids is 1. The lowest BCUT2D eigenvalue weighted by Gasteiger charge is -2.38. The number of hydrogen-bond acceptors (Lipinski definition) is 20. The predicted molar refractivity (Wildman–Crippen MR) is 500 cm³/mol. The highest BCUT2D eigenvalue weighted by Crippen LogP contribution is 2.29. The number of primary amides is 1. The topological polar surface area (TPSA) is 512 Å². The number of carbonyl (C=O) groups is 16. The number of carboxylic acid groups (broad SMARTS) is 1. The van der Waals surface area contributed by atoms with Gasteiger partial charge in [0.2, 0.25) is 88.6 Å². The minimum atomic E-state index is -1.95. The van der Waals surface area contributed by atoms with E-state index in [4.69, 9.17) is 5.73 Å². The highest BCUT2D eigenvalue weighted by molar-refractivity contribution is 8.00. The summed E-state index contributed by atoms with van der Waals surface area (Å²) in [6.45, 7) is 4.22. The number of aromatic amines is 1. The Balaban J connectivity index is 1.06. The molecule has 4 heterocycles. The van der Waals surface area contributed by atoms with Gasteiger partial charge in [0.05, 0.1) is 18.7 Å². The van der Waals surface area contributed by atoms with E-state index in [1.807, 2.05) is 6.92 Å². The minimum absolute atomic E-state index is 0.00121. The third-order valence-corrected chi connectivity index (χ3v) is 25.6. The van der Waals surface area contributed by atoms with E-state index in [1.165, 1.54) is 79.5 Å². The number of nitrogens with zero attached hydrogens (tertiary/aromatic N) is 5. The van der Waals surface area contributed by atoms with Crippen molar-refractivity contribution in [3.05, 3.63) is 203 Å². The number of aromatic hydroxyl groups is 2.